The summed E-state index contributed by atoms with van der Waals surface area (Å²) in [5.74, 6) is -0.436. The zero-order chi connectivity index (χ0) is 40.3. The molecule has 0 fully saturated rings. The number of unbranched alkanes of at least 4 members (excludes halogenated alkanes) is 28. The largest absolute Gasteiger partial charge is 0.462 e. The molecule has 1 heterocycles. The number of nitrogens with one attached hydrogen (secondary N) is 1. The fourth-order valence-corrected chi connectivity index (χ4v) is 7.05. The SMILES string of the molecule is CCCCCCCCCCCCCCCC/C=C\N(/C=C/CCCCCCCCCCCCCCCC)CCOCCOCCOC(=O)C(N)Cc1cnc[nH]1. The summed E-state index contributed by atoms with van der Waals surface area (Å²) in [4.78, 5) is 21.3. The van der Waals surface area contributed by atoms with Gasteiger partial charge in [-0.05, 0) is 38.1 Å². The highest BCUT2D eigenvalue weighted by molar-refractivity contribution is 5.75. The quantitative estimate of drug-likeness (QED) is 0.0501. The van der Waals surface area contributed by atoms with E-state index in [-0.39, 0.29) is 6.61 Å². The lowest BCUT2D eigenvalue weighted by atomic mass is 10.0. The summed E-state index contributed by atoms with van der Waals surface area (Å²) >= 11 is 0. The number of H-pyrrole nitrogens is 1. The van der Waals surface area contributed by atoms with Crippen LogP contribution in [0, 0.1) is 0 Å². The third-order valence-corrected chi connectivity index (χ3v) is 10.7. The van der Waals surface area contributed by atoms with Gasteiger partial charge in [-0.1, -0.05) is 193 Å². The van der Waals surface area contributed by atoms with E-state index in [4.69, 9.17) is 19.9 Å². The maximum atomic E-state index is 12.1. The number of esters is 1. The second-order valence-corrected chi connectivity index (χ2v) is 16.1. The molecule has 56 heavy (non-hydrogen) atoms. The Balaban J connectivity index is 2.19. The van der Waals surface area contributed by atoms with Crippen molar-refractivity contribution in [2.45, 2.75) is 219 Å². The third-order valence-electron chi connectivity index (χ3n) is 10.7. The highest BCUT2D eigenvalue weighted by Gasteiger charge is 2.16. The number of imidazole rings is 1. The van der Waals surface area contributed by atoms with Gasteiger partial charge >= 0.3 is 5.97 Å². The molecule has 8 heteroatoms. The van der Waals surface area contributed by atoms with Gasteiger partial charge in [0.15, 0.2) is 0 Å². The molecule has 0 aliphatic carbocycles. The number of hydrogen-bond donors (Lipinski definition) is 2. The smallest absolute Gasteiger partial charge is 0.323 e. The number of aromatic nitrogens is 2. The van der Waals surface area contributed by atoms with Crippen LogP contribution >= 0.6 is 0 Å². The highest BCUT2D eigenvalue weighted by atomic mass is 16.6. The number of allylic oxidation sites excluding steroid dienone is 2. The van der Waals surface area contributed by atoms with Crippen LogP contribution in [0.25, 0.3) is 0 Å². The molecule has 0 aliphatic heterocycles. The maximum absolute atomic E-state index is 12.1. The van der Waals surface area contributed by atoms with Gasteiger partial charge in [0.25, 0.3) is 0 Å². The number of hydrogen-bond acceptors (Lipinski definition) is 7. The molecular weight excluding hydrogens is 697 g/mol. The monoisotopic (exact) mass is 787 g/mol. The zero-order valence-corrected chi connectivity index (χ0v) is 36.8. The molecule has 3 N–H and O–H groups in total. The number of nitrogens with two attached hydrogens (primary N) is 1. The van der Waals surface area contributed by atoms with Crippen LogP contribution < -0.4 is 5.73 Å². The molecule has 0 spiro atoms. The van der Waals surface area contributed by atoms with E-state index >= 15 is 0 Å². The summed E-state index contributed by atoms with van der Waals surface area (Å²) < 4.78 is 16.7. The average molecular weight is 787 g/mol. The van der Waals surface area contributed by atoms with E-state index in [1.165, 1.54) is 180 Å². The Morgan fingerprint density at radius 3 is 1.41 bits per heavy atom. The molecule has 0 radical (unpaired) electrons. The first-order valence-corrected chi connectivity index (χ1v) is 23.8. The van der Waals surface area contributed by atoms with Crippen molar-refractivity contribution in [3.8, 4) is 0 Å². The maximum Gasteiger partial charge on any atom is 0.323 e. The Hall–Kier alpha value is -2.16. The molecule has 0 aliphatic rings. The van der Waals surface area contributed by atoms with Gasteiger partial charge in [0.2, 0.25) is 0 Å². The first-order chi connectivity index (χ1) is 27.7. The van der Waals surface area contributed by atoms with E-state index in [0.717, 1.165) is 25.1 Å². The van der Waals surface area contributed by atoms with Crippen LogP contribution in [-0.2, 0) is 25.4 Å². The summed E-state index contributed by atoms with van der Waals surface area (Å²) in [5, 5.41) is 0. The summed E-state index contributed by atoms with van der Waals surface area (Å²) in [6, 6.07) is -0.719. The van der Waals surface area contributed by atoms with Crippen molar-refractivity contribution in [2.75, 3.05) is 39.6 Å². The third kappa shape index (κ3) is 36.2. The Labute approximate surface area is 346 Å². The fourth-order valence-electron chi connectivity index (χ4n) is 7.05. The van der Waals surface area contributed by atoms with Crippen LogP contribution in [-0.4, -0.2) is 66.5 Å². The van der Waals surface area contributed by atoms with E-state index in [0.29, 0.717) is 32.8 Å². The lowest BCUT2D eigenvalue weighted by molar-refractivity contribution is -0.146. The van der Waals surface area contributed by atoms with Gasteiger partial charge in [-0.3, -0.25) is 4.79 Å². The van der Waals surface area contributed by atoms with Crippen molar-refractivity contribution in [1.29, 1.82) is 0 Å². The van der Waals surface area contributed by atoms with Crippen molar-refractivity contribution in [2.24, 2.45) is 5.73 Å². The molecule has 8 nitrogen and oxygen atoms in total. The lowest BCUT2D eigenvalue weighted by Gasteiger charge is -2.16. The molecule has 0 saturated carbocycles. The molecule has 1 atom stereocenters. The van der Waals surface area contributed by atoms with E-state index in [2.05, 4.69) is 53.3 Å². The van der Waals surface area contributed by atoms with E-state index in [9.17, 15) is 4.79 Å². The molecule has 0 saturated heterocycles. The Morgan fingerprint density at radius 2 is 1.00 bits per heavy atom. The van der Waals surface area contributed by atoms with Crippen molar-refractivity contribution in [3.63, 3.8) is 0 Å². The second kappa shape index (κ2) is 42.4. The van der Waals surface area contributed by atoms with Gasteiger partial charge in [0, 0.05) is 24.9 Å². The highest BCUT2D eigenvalue weighted by Crippen LogP contribution is 2.15. The summed E-state index contributed by atoms with van der Waals surface area (Å²) in [6.45, 7) is 7.50. The van der Waals surface area contributed by atoms with E-state index in [1.54, 1.807) is 12.5 Å². The van der Waals surface area contributed by atoms with Crippen LogP contribution in [0.2, 0.25) is 0 Å². The minimum absolute atomic E-state index is 0.178. The van der Waals surface area contributed by atoms with Crippen LogP contribution in [0.4, 0.5) is 0 Å². The average Bonchev–Trinajstić information content (AvgIpc) is 3.72. The number of rotatable bonds is 44. The van der Waals surface area contributed by atoms with Gasteiger partial charge in [-0.2, -0.15) is 0 Å². The standard InChI is InChI=1S/C48H90N4O4/c1-3-5-7-9-11-13-15-17-19-21-23-25-27-29-31-33-35-52(36-34-32-30-28-26-24-22-20-18-16-14-12-10-8-6-4-2)37-38-54-39-40-55-41-42-56-48(53)47(49)43-46-44-50-45-51-46/h33-36,44-45,47H,3-32,37-43,49H2,1-2H3,(H,50,51)/b35-33-,36-34+. The molecule has 1 aromatic rings. The molecule has 1 unspecified atom stereocenters. The van der Waals surface area contributed by atoms with Crippen LogP contribution in [0.5, 0.6) is 0 Å². The summed E-state index contributed by atoms with van der Waals surface area (Å²) in [5.41, 5.74) is 6.73. The van der Waals surface area contributed by atoms with Crippen LogP contribution in [0.3, 0.4) is 0 Å². The number of nitrogens with zero attached hydrogens (tertiary/aromatic N) is 2. The fraction of sp³-hybridized carbons (Fsp3) is 0.833. The summed E-state index contributed by atoms with van der Waals surface area (Å²) in [6.07, 6.45) is 54.1. The number of ether oxygens (including phenoxy) is 3. The van der Waals surface area contributed by atoms with E-state index < -0.39 is 12.0 Å². The number of aromatic amines is 1. The Bertz CT molecular complexity index is 944. The molecule has 326 valence electrons. The van der Waals surface area contributed by atoms with Crippen molar-refractivity contribution >= 4 is 5.97 Å². The normalized spacial score (nSPS) is 12.3. The van der Waals surface area contributed by atoms with Gasteiger partial charge in [0.1, 0.15) is 12.6 Å². The second-order valence-electron chi connectivity index (χ2n) is 16.1. The van der Waals surface area contributed by atoms with Gasteiger partial charge in [-0.25, -0.2) is 4.98 Å². The first kappa shape index (κ1) is 51.9. The van der Waals surface area contributed by atoms with Gasteiger partial charge < -0.3 is 29.8 Å². The topological polar surface area (TPSA) is 103 Å². The molecule has 0 amide bonds. The lowest BCUT2D eigenvalue weighted by Crippen LogP contribution is -2.35. The molecular formula is C48H90N4O4. The summed E-state index contributed by atoms with van der Waals surface area (Å²) in [7, 11) is 0. The van der Waals surface area contributed by atoms with Crippen molar-refractivity contribution in [3.05, 3.63) is 42.8 Å². The number of carbonyl (C=O) groups is 1. The predicted molar refractivity (Wildman–Crippen MR) is 238 cm³/mol. The van der Waals surface area contributed by atoms with Crippen LogP contribution in [0.1, 0.15) is 212 Å². The van der Waals surface area contributed by atoms with Crippen molar-refractivity contribution in [1.82, 2.24) is 14.9 Å². The molecule has 1 aromatic heterocycles. The van der Waals surface area contributed by atoms with Crippen molar-refractivity contribution < 1.29 is 19.0 Å². The zero-order valence-electron chi connectivity index (χ0n) is 36.8. The Morgan fingerprint density at radius 1 is 0.607 bits per heavy atom. The molecule has 1 rings (SSSR count). The predicted octanol–water partition coefficient (Wildman–Crippen LogP) is 12.9. The minimum Gasteiger partial charge on any atom is -0.462 e. The van der Waals surface area contributed by atoms with Gasteiger partial charge in [-0.15, -0.1) is 0 Å². The molecule has 0 bridgehead atoms. The van der Waals surface area contributed by atoms with Gasteiger partial charge in [0.05, 0.1) is 32.8 Å². The van der Waals surface area contributed by atoms with E-state index in [1.807, 2.05) is 0 Å². The van der Waals surface area contributed by atoms with Crippen LogP contribution in [0.15, 0.2) is 37.1 Å². The first-order valence-electron chi connectivity index (χ1n) is 23.8. The molecule has 0 aromatic carbocycles. The number of carbonyl (C=O) groups excluding carboxylic acids is 1. The Kier molecular flexibility index (Phi) is 39.3. The minimum atomic E-state index is -0.719.